The topological polar surface area (TPSA) is 46.5 Å². The van der Waals surface area contributed by atoms with Gasteiger partial charge in [0.25, 0.3) is 0 Å². The molecule has 1 aliphatic rings. The van der Waals surface area contributed by atoms with Crippen molar-refractivity contribution in [3.05, 3.63) is 29.3 Å². The first-order valence-corrected chi connectivity index (χ1v) is 6.58. The lowest BCUT2D eigenvalue weighted by molar-refractivity contribution is -0.138. The van der Waals surface area contributed by atoms with Crippen LogP contribution in [0.4, 0.5) is 0 Å². The van der Waals surface area contributed by atoms with E-state index in [1.165, 1.54) is 12.8 Å². The lowest BCUT2D eigenvalue weighted by atomic mass is 9.95. The Balaban J connectivity index is 2.28. The summed E-state index contributed by atoms with van der Waals surface area (Å²) in [6.07, 6.45) is 4.83. The molecule has 0 bridgehead atoms. The number of aryl methyl sites for hydroxylation is 1. The van der Waals surface area contributed by atoms with Gasteiger partial charge in [-0.25, -0.2) is 0 Å². The third kappa shape index (κ3) is 2.66. The number of carboxylic acids is 1. The van der Waals surface area contributed by atoms with Crippen molar-refractivity contribution in [2.24, 2.45) is 0 Å². The van der Waals surface area contributed by atoms with Crippen molar-refractivity contribution in [2.45, 2.75) is 51.6 Å². The lowest BCUT2D eigenvalue weighted by Crippen LogP contribution is -2.16. The predicted molar refractivity (Wildman–Crippen MR) is 70.1 cm³/mol. The van der Waals surface area contributed by atoms with Crippen LogP contribution in [0.3, 0.4) is 0 Å². The summed E-state index contributed by atoms with van der Waals surface area (Å²) < 4.78 is 6.00. The highest BCUT2D eigenvalue weighted by molar-refractivity contribution is 5.77. The van der Waals surface area contributed by atoms with Gasteiger partial charge in [-0.3, -0.25) is 4.79 Å². The monoisotopic (exact) mass is 248 g/mol. The summed E-state index contributed by atoms with van der Waals surface area (Å²) in [5.74, 6) is -0.583. The van der Waals surface area contributed by atoms with Gasteiger partial charge in [-0.1, -0.05) is 12.1 Å². The zero-order chi connectivity index (χ0) is 13.1. The number of hydrogen-bond acceptors (Lipinski definition) is 2. The van der Waals surface area contributed by atoms with Gasteiger partial charge in [0.15, 0.2) is 0 Å². The number of carbonyl (C=O) groups is 1. The molecule has 2 rings (SSSR count). The van der Waals surface area contributed by atoms with Gasteiger partial charge in [-0.05, 0) is 51.2 Å². The third-order valence-corrected chi connectivity index (χ3v) is 3.68. The van der Waals surface area contributed by atoms with E-state index in [9.17, 15) is 9.90 Å². The molecular weight excluding hydrogens is 228 g/mol. The summed E-state index contributed by atoms with van der Waals surface area (Å²) in [4.78, 5) is 11.2. The van der Waals surface area contributed by atoms with Crippen LogP contribution >= 0.6 is 0 Å². The van der Waals surface area contributed by atoms with E-state index < -0.39 is 11.9 Å². The second-order valence-corrected chi connectivity index (χ2v) is 5.07. The second kappa shape index (κ2) is 5.42. The maximum atomic E-state index is 11.2. The van der Waals surface area contributed by atoms with Gasteiger partial charge in [0.1, 0.15) is 5.75 Å². The Bertz CT molecular complexity index is 433. The fourth-order valence-electron chi connectivity index (χ4n) is 2.62. The fourth-order valence-corrected chi connectivity index (χ4v) is 2.62. The van der Waals surface area contributed by atoms with Gasteiger partial charge in [0, 0.05) is 5.56 Å². The maximum absolute atomic E-state index is 11.2. The number of aliphatic carboxylic acids is 1. The number of rotatable bonds is 4. The molecule has 1 aliphatic carbocycles. The zero-order valence-electron chi connectivity index (χ0n) is 11.0. The smallest absolute Gasteiger partial charge is 0.310 e. The quantitative estimate of drug-likeness (QED) is 0.887. The molecular formula is C15H20O3. The highest BCUT2D eigenvalue weighted by Gasteiger charge is 2.23. The Hall–Kier alpha value is -1.51. The summed E-state index contributed by atoms with van der Waals surface area (Å²) in [7, 11) is 0. The van der Waals surface area contributed by atoms with Crippen molar-refractivity contribution in [3.8, 4) is 5.75 Å². The molecule has 0 spiro atoms. The van der Waals surface area contributed by atoms with Crippen molar-refractivity contribution in [3.63, 3.8) is 0 Å². The van der Waals surface area contributed by atoms with Gasteiger partial charge >= 0.3 is 5.97 Å². The average Bonchev–Trinajstić information content (AvgIpc) is 2.81. The first kappa shape index (κ1) is 12.9. The molecule has 0 heterocycles. The van der Waals surface area contributed by atoms with Gasteiger partial charge in [-0.15, -0.1) is 0 Å². The Morgan fingerprint density at radius 3 is 2.67 bits per heavy atom. The third-order valence-electron chi connectivity index (χ3n) is 3.68. The molecule has 0 amide bonds. The highest BCUT2D eigenvalue weighted by Crippen LogP contribution is 2.33. The van der Waals surface area contributed by atoms with Crippen LogP contribution in [0.25, 0.3) is 0 Å². The van der Waals surface area contributed by atoms with Crippen LogP contribution in [0.1, 0.15) is 49.7 Å². The Morgan fingerprint density at radius 2 is 2.06 bits per heavy atom. The summed E-state index contributed by atoms with van der Waals surface area (Å²) in [6, 6.07) is 5.76. The van der Waals surface area contributed by atoms with E-state index in [2.05, 4.69) is 0 Å². The van der Waals surface area contributed by atoms with Gasteiger partial charge in [0.05, 0.1) is 12.0 Å². The van der Waals surface area contributed by atoms with E-state index in [-0.39, 0.29) is 6.10 Å². The Labute approximate surface area is 108 Å². The second-order valence-electron chi connectivity index (χ2n) is 5.07. The van der Waals surface area contributed by atoms with Gasteiger partial charge in [0.2, 0.25) is 0 Å². The van der Waals surface area contributed by atoms with E-state index in [1.54, 1.807) is 6.92 Å². The molecule has 3 nitrogen and oxygen atoms in total. The molecule has 3 heteroatoms. The van der Waals surface area contributed by atoms with E-state index in [1.807, 2.05) is 25.1 Å². The molecule has 0 radical (unpaired) electrons. The summed E-state index contributed by atoms with van der Waals surface area (Å²) in [5.41, 5.74) is 1.80. The molecule has 18 heavy (non-hydrogen) atoms. The minimum Gasteiger partial charge on any atom is -0.490 e. The number of benzene rings is 1. The van der Waals surface area contributed by atoms with E-state index in [0.717, 1.165) is 29.7 Å². The molecule has 1 fully saturated rings. The molecule has 0 aromatic heterocycles. The molecule has 0 aliphatic heterocycles. The highest BCUT2D eigenvalue weighted by atomic mass is 16.5. The minimum atomic E-state index is -0.805. The Morgan fingerprint density at radius 1 is 1.39 bits per heavy atom. The summed E-state index contributed by atoms with van der Waals surface area (Å²) >= 11 is 0. The van der Waals surface area contributed by atoms with Crippen molar-refractivity contribution in [1.29, 1.82) is 0 Å². The largest absolute Gasteiger partial charge is 0.490 e. The minimum absolute atomic E-state index is 0.256. The number of carboxylic acid groups (broad SMARTS) is 1. The standard InChI is InChI=1S/C15H20O3/c1-10-6-5-9-13(14(10)11(2)15(16)17)18-12-7-3-4-8-12/h5-6,9,11-12H,3-4,7-8H2,1-2H3,(H,16,17). The van der Waals surface area contributed by atoms with Crippen LogP contribution in [0.2, 0.25) is 0 Å². The lowest BCUT2D eigenvalue weighted by Gasteiger charge is -2.20. The average molecular weight is 248 g/mol. The molecule has 0 saturated heterocycles. The van der Waals surface area contributed by atoms with E-state index >= 15 is 0 Å². The predicted octanol–water partition coefficient (Wildman–Crippen LogP) is 3.50. The molecule has 1 N–H and O–H groups in total. The van der Waals surface area contributed by atoms with Gasteiger partial charge < -0.3 is 9.84 Å². The molecule has 98 valence electrons. The molecule has 1 unspecified atom stereocenters. The number of hydrogen-bond donors (Lipinski definition) is 1. The van der Waals surface area contributed by atoms with E-state index in [0.29, 0.717) is 0 Å². The molecule has 1 aromatic rings. The van der Waals surface area contributed by atoms with Crippen LogP contribution in [0, 0.1) is 6.92 Å². The van der Waals surface area contributed by atoms with Crippen LogP contribution in [-0.4, -0.2) is 17.2 Å². The fraction of sp³-hybridized carbons (Fsp3) is 0.533. The van der Waals surface area contributed by atoms with E-state index in [4.69, 9.17) is 4.74 Å². The maximum Gasteiger partial charge on any atom is 0.310 e. The molecule has 1 saturated carbocycles. The van der Waals surface area contributed by atoms with Crippen molar-refractivity contribution in [2.75, 3.05) is 0 Å². The molecule has 1 atom stereocenters. The Kier molecular flexibility index (Phi) is 3.90. The van der Waals surface area contributed by atoms with Crippen LogP contribution in [0.5, 0.6) is 5.75 Å². The summed E-state index contributed by atoms with van der Waals surface area (Å²) in [5, 5.41) is 9.19. The first-order valence-electron chi connectivity index (χ1n) is 6.58. The van der Waals surface area contributed by atoms with Crippen molar-refractivity contribution >= 4 is 5.97 Å². The van der Waals surface area contributed by atoms with Crippen molar-refractivity contribution in [1.82, 2.24) is 0 Å². The summed E-state index contributed by atoms with van der Waals surface area (Å²) in [6.45, 7) is 3.66. The molecule has 1 aromatic carbocycles. The van der Waals surface area contributed by atoms with Gasteiger partial charge in [-0.2, -0.15) is 0 Å². The van der Waals surface area contributed by atoms with Crippen molar-refractivity contribution < 1.29 is 14.6 Å². The van der Waals surface area contributed by atoms with Crippen LogP contribution in [-0.2, 0) is 4.79 Å². The zero-order valence-corrected chi connectivity index (χ0v) is 11.0. The SMILES string of the molecule is Cc1cccc(OC2CCCC2)c1C(C)C(=O)O. The number of ether oxygens (including phenoxy) is 1. The van der Waals surface area contributed by atoms with Crippen LogP contribution in [0.15, 0.2) is 18.2 Å². The normalized spacial score (nSPS) is 17.7. The van der Waals surface area contributed by atoms with Crippen LogP contribution < -0.4 is 4.74 Å². The first-order chi connectivity index (χ1) is 8.59.